The lowest BCUT2D eigenvalue weighted by molar-refractivity contribution is -0.371. The second-order valence-electron chi connectivity index (χ2n) is 5.35. The van der Waals surface area contributed by atoms with Crippen LogP contribution in [0.5, 0.6) is 0 Å². The molecule has 0 spiro atoms. The Morgan fingerprint density at radius 3 is 1.52 bits per heavy atom. The topological polar surface area (TPSA) is 62.2 Å². The van der Waals surface area contributed by atoms with E-state index in [0.717, 1.165) is 12.8 Å². The van der Waals surface area contributed by atoms with Gasteiger partial charge in [0, 0.05) is 0 Å². The molecule has 0 unspecified atom stereocenters. The van der Waals surface area contributed by atoms with Gasteiger partial charge in [-0.2, -0.15) is 0 Å². The molecule has 0 fully saturated rings. The minimum atomic E-state index is -0.0307. The highest BCUT2D eigenvalue weighted by molar-refractivity contribution is 4.48. The number of unbranched alkanes of at least 4 members (excludes halogenated alkanes) is 9. The van der Waals surface area contributed by atoms with Crippen LogP contribution in [0.25, 0.3) is 0 Å². The van der Waals surface area contributed by atoms with Crippen LogP contribution in [0.1, 0.15) is 71.1 Å². The smallest absolute Gasteiger partial charge is 0.0942 e. The van der Waals surface area contributed by atoms with Crippen molar-refractivity contribution in [1.29, 1.82) is 0 Å². The third kappa shape index (κ3) is 16.0. The Hall–Kier alpha value is -0.200. The van der Waals surface area contributed by atoms with Crippen molar-refractivity contribution in [2.75, 3.05) is 33.0 Å². The van der Waals surface area contributed by atoms with Gasteiger partial charge in [-0.25, -0.2) is 0 Å². The predicted molar refractivity (Wildman–Crippen MR) is 84.6 cm³/mol. The van der Waals surface area contributed by atoms with E-state index in [-0.39, 0.29) is 26.4 Å². The van der Waals surface area contributed by atoms with Crippen LogP contribution in [0.15, 0.2) is 0 Å². The Kier molecular flexibility index (Phi) is 17.7. The fourth-order valence-corrected chi connectivity index (χ4v) is 2.18. The molecule has 2 N–H and O–H groups in total. The van der Waals surface area contributed by atoms with Crippen molar-refractivity contribution in [3.8, 4) is 0 Å². The molecule has 0 radical (unpaired) electrons. The van der Waals surface area contributed by atoms with Crippen molar-refractivity contribution in [2.24, 2.45) is 0 Å². The van der Waals surface area contributed by atoms with Crippen molar-refractivity contribution in [3.05, 3.63) is 0 Å². The van der Waals surface area contributed by atoms with Crippen LogP contribution in [0.3, 0.4) is 0 Å². The summed E-state index contributed by atoms with van der Waals surface area (Å²) in [5.41, 5.74) is 0. The van der Waals surface area contributed by atoms with Crippen LogP contribution in [0.4, 0.5) is 0 Å². The fourth-order valence-electron chi connectivity index (χ4n) is 2.18. The van der Waals surface area contributed by atoms with Gasteiger partial charge in [0.25, 0.3) is 0 Å². The first-order chi connectivity index (χ1) is 10.3. The van der Waals surface area contributed by atoms with Gasteiger partial charge in [0.05, 0.1) is 33.0 Å². The number of hydrogen-bond acceptors (Lipinski definition) is 5. The van der Waals surface area contributed by atoms with Gasteiger partial charge in [-0.1, -0.05) is 69.9 Å². The molecule has 0 aromatic heterocycles. The van der Waals surface area contributed by atoms with Gasteiger partial charge in [-0.05, 0) is 6.42 Å². The summed E-state index contributed by atoms with van der Waals surface area (Å²) in [4.78, 5) is 10.5. The van der Waals surface area contributed by atoms with Crippen molar-refractivity contribution in [1.82, 2.24) is 5.23 Å². The molecule has 0 aliphatic carbocycles. The second-order valence-corrected chi connectivity index (χ2v) is 5.35. The molecule has 0 aliphatic rings. The van der Waals surface area contributed by atoms with E-state index < -0.39 is 0 Å². The molecule has 5 heteroatoms. The van der Waals surface area contributed by atoms with E-state index in [9.17, 15) is 0 Å². The summed E-state index contributed by atoms with van der Waals surface area (Å²) < 4.78 is 0. The lowest BCUT2D eigenvalue weighted by Crippen LogP contribution is -2.28. The zero-order chi connectivity index (χ0) is 15.6. The normalized spacial score (nSPS) is 11.4. The molecule has 0 aromatic carbocycles. The third-order valence-electron chi connectivity index (χ3n) is 3.35. The number of aliphatic hydroxyl groups excluding tert-OH is 2. The van der Waals surface area contributed by atoms with Gasteiger partial charge in [0.15, 0.2) is 0 Å². The molecule has 0 bridgehead atoms. The van der Waals surface area contributed by atoms with Crippen LogP contribution < -0.4 is 0 Å². The largest absolute Gasteiger partial charge is 0.394 e. The SMILES string of the molecule is CCCCCCCCCCCCN(OCCO)OCCO. The number of hydrogen-bond donors (Lipinski definition) is 2. The quantitative estimate of drug-likeness (QED) is 0.319. The van der Waals surface area contributed by atoms with Crippen LogP contribution >= 0.6 is 0 Å². The maximum atomic E-state index is 8.73. The first-order valence-electron chi connectivity index (χ1n) is 8.60. The molecule has 128 valence electrons. The minimum absolute atomic E-state index is 0.0307. The summed E-state index contributed by atoms with van der Waals surface area (Å²) in [7, 11) is 0. The average molecular weight is 305 g/mol. The summed E-state index contributed by atoms with van der Waals surface area (Å²) in [5, 5.41) is 18.8. The molecule has 5 nitrogen and oxygen atoms in total. The van der Waals surface area contributed by atoms with Gasteiger partial charge >= 0.3 is 0 Å². The van der Waals surface area contributed by atoms with E-state index in [2.05, 4.69) is 6.92 Å². The van der Waals surface area contributed by atoms with Crippen molar-refractivity contribution in [3.63, 3.8) is 0 Å². The van der Waals surface area contributed by atoms with Crippen LogP contribution in [0, 0.1) is 0 Å². The molecule has 21 heavy (non-hydrogen) atoms. The third-order valence-corrected chi connectivity index (χ3v) is 3.35. The molecule has 0 aromatic rings. The van der Waals surface area contributed by atoms with Crippen molar-refractivity contribution < 1.29 is 19.9 Å². The van der Waals surface area contributed by atoms with Crippen molar-refractivity contribution in [2.45, 2.75) is 71.1 Å². The van der Waals surface area contributed by atoms with E-state index in [4.69, 9.17) is 19.9 Å². The second kappa shape index (κ2) is 17.9. The summed E-state index contributed by atoms with van der Waals surface area (Å²) in [6.07, 6.45) is 12.9. The van der Waals surface area contributed by atoms with E-state index in [1.807, 2.05) is 0 Å². The van der Waals surface area contributed by atoms with E-state index in [1.165, 1.54) is 56.6 Å². The maximum absolute atomic E-state index is 8.73. The lowest BCUT2D eigenvalue weighted by atomic mass is 10.1. The zero-order valence-corrected chi connectivity index (χ0v) is 13.8. The Bertz CT molecular complexity index is 185. The molecular weight excluding hydrogens is 270 g/mol. The first kappa shape index (κ1) is 20.8. The fraction of sp³-hybridized carbons (Fsp3) is 1.00. The van der Waals surface area contributed by atoms with E-state index in [0.29, 0.717) is 6.54 Å². The first-order valence-corrected chi connectivity index (χ1v) is 8.60. The number of rotatable bonds is 17. The molecule has 0 atom stereocenters. The van der Waals surface area contributed by atoms with Crippen LogP contribution in [0.2, 0.25) is 0 Å². The predicted octanol–water partition coefficient (Wildman–Crippen LogP) is 3.06. The molecular formula is C16H35NO4. The Balaban J connectivity index is 3.35. The number of hydroxylamine groups is 2. The van der Waals surface area contributed by atoms with Gasteiger partial charge in [0.1, 0.15) is 0 Å². The highest BCUT2D eigenvalue weighted by Gasteiger charge is 2.05. The van der Waals surface area contributed by atoms with Gasteiger partial charge in [-0.3, -0.25) is 9.68 Å². The molecule has 0 rings (SSSR count). The zero-order valence-electron chi connectivity index (χ0n) is 13.8. The standard InChI is InChI=1S/C16H35NO4/c1-2-3-4-5-6-7-8-9-10-11-12-17(20-15-13-18)21-16-14-19/h18-19H,2-16H2,1H3. The maximum Gasteiger partial charge on any atom is 0.0942 e. The monoisotopic (exact) mass is 305 g/mol. The summed E-state index contributed by atoms with van der Waals surface area (Å²) in [6.45, 7) is 3.31. The highest BCUT2D eigenvalue weighted by Crippen LogP contribution is 2.11. The minimum Gasteiger partial charge on any atom is -0.394 e. The van der Waals surface area contributed by atoms with Crippen molar-refractivity contribution >= 4 is 0 Å². The van der Waals surface area contributed by atoms with Gasteiger partial charge in [-0.15, -0.1) is 0 Å². The average Bonchev–Trinajstić information content (AvgIpc) is 2.51. The van der Waals surface area contributed by atoms with Crippen LogP contribution in [-0.4, -0.2) is 48.4 Å². The summed E-state index contributed by atoms with van der Waals surface area (Å²) >= 11 is 0. The Labute approximate surface area is 130 Å². The molecule has 0 aliphatic heterocycles. The Morgan fingerprint density at radius 2 is 1.10 bits per heavy atom. The lowest BCUT2D eigenvalue weighted by Gasteiger charge is -2.20. The van der Waals surface area contributed by atoms with E-state index >= 15 is 0 Å². The number of nitrogens with zero attached hydrogens (tertiary/aromatic N) is 1. The van der Waals surface area contributed by atoms with Crippen LogP contribution in [-0.2, 0) is 9.68 Å². The van der Waals surface area contributed by atoms with Gasteiger partial charge < -0.3 is 10.2 Å². The molecule has 0 saturated carbocycles. The summed E-state index contributed by atoms with van der Waals surface area (Å²) in [5.74, 6) is 0. The molecule has 0 amide bonds. The van der Waals surface area contributed by atoms with E-state index in [1.54, 1.807) is 0 Å². The Morgan fingerprint density at radius 1 is 0.667 bits per heavy atom. The highest BCUT2D eigenvalue weighted by atomic mass is 16.9. The molecule has 0 saturated heterocycles. The molecule has 0 heterocycles. The number of aliphatic hydroxyl groups is 2. The summed E-state index contributed by atoms with van der Waals surface area (Å²) in [6, 6.07) is 0. The van der Waals surface area contributed by atoms with Gasteiger partial charge in [0.2, 0.25) is 0 Å².